The highest BCUT2D eigenvalue weighted by molar-refractivity contribution is 7.80. The Hall–Kier alpha value is -5.31. The molecule has 0 aliphatic carbocycles. The zero-order chi connectivity index (χ0) is 43.6. The molecule has 0 aromatic heterocycles. The minimum absolute atomic E-state index is 0.00417. The summed E-state index contributed by atoms with van der Waals surface area (Å²) >= 11 is 10.6. The van der Waals surface area contributed by atoms with Gasteiger partial charge < -0.3 is 31.9 Å². The minimum atomic E-state index is -5.07. The maximum absolute atomic E-state index is 13.5. The molecule has 21 heteroatoms. The van der Waals surface area contributed by atoms with Crippen LogP contribution in [-0.2, 0) is 37.5 Å². The molecule has 4 aromatic rings. The van der Waals surface area contributed by atoms with E-state index in [1.165, 1.54) is 7.05 Å². The van der Waals surface area contributed by atoms with Crippen molar-refractivity contribution in [1.82, 2.24) is 21.3 Å². The fourth-order valence-corrected chi connectivity index (χ4v) is 6.13. The number of rotatable bonds is 12. The van der Waals surface area contributed by atoms with Crippen LogP contribution in [0, 0.1) is 0 Å². The molecule has 0 heterocycles. The van der Waals surface area contributed by atoms with Crippen molar-refractivity contribution in [2.75, 3.05) is 30.8 Å². The van der Waals surface area contributed by atoms with Gasteiger partial charge in [0.15, 0.2) is 16.2 Å². The van der Waals surface area contributed by atoms with E-state index in [1.54, 1.807) is 60.7 Å². The summed E-state index contributed by atoms with van der Waals surface area (Å²) < 4.78 is 161. The molecule has 0 aliphatic heterocycles. The Balaban J connectivity index is 1.48. The summed E-state index contributed by atoms with van der Waals surface area (Å²) in [6.45, 7) is 0.0845. The van der Waals surface area contributed by atoms with Crippen molar-refractivity contribution < 1.29 is 52.7 Å². The lowest BCUT2D eigenvalue weighted by atomic mass is 10.1. The van der Waals surface area contributed by atoms with Crippen LogP contribution in [0.2, 0.25) is 0 Å². The van der Waals surface area contributed by atoms with Crippen molar-refractivity contribution in [3.63, 3.8) is 0 Å². The summed E-state index contributed by atoms with van der Waals surface area (Å²) in [5.41, 5.74) is -5.62. The van der Waals surface area contributed by atoms with E-state index < -0.39 is 70.4 Å². The molecule has 2 atom stereocenters. The van der Waals surface area contributed by atoms with Crippen LogP contribution in [0.3, 0.4) is 0 Å². The van der Waals surface area contributed by atoms with Crippen LogP contribution in [0.4, 0.5) is 64.1 Å². The summed E-state index contributed by atoms with van der Waals surface area (Å²) in [7, 11) is 1.44. The van der Waals surface area contributed by atoms with E-state index in [0.29, 0.717) is 24.3 Å². The van der Waals surface area contributed by atoms with Gasteiger partial charge in [-0.05, 0) is 84.8 Å². The Morgan fingerprint density at radius 2 is 0.814 bits per heavy atom. The van der Waals surface area contributed by atoms with Crippen molar-refractivity contribution >= 4 is 52.0 Å². The maximum atomic E-state index is 13.5. The number of hydrogen-bond acceptors (Lipinski definition) is 3. The van der Waals surface area contributed by atoms with Gasteiger partial charge in [0.25, 0.3) is 0 Å². The van der Waals surface area contributed by atoms with Crippen LogP contribution >= 0.6 is 24.4 Å². The molecule has 4 aromatic carbocycles. The molecule has 0 aliphatic rings. The lowest BCUT2D eigenvalue weighted by Gasteiger charge is -2.25. The van der Waals surface area contributed by atoms with Crippen LogP contribution in [0.25, 0.3) is 0 Å². The maximum Gasteiger partial charge on any atom is 0.416 e. The second-order valence-corrected chi connectivity index (χ2v) is 13.7. The summed E-state index contributed by atoms with van der Waals surface area (Å²) in [5.74, 6) is 0.197. The van der Waals surface area contributed by atoms with Crippen LogP contribution < -0.4 is 31.9 Å². The third-order valence-electron chi connectivity index (χ3n) is 8.27. The van der Waals surface area contributed by atoms with Crippen molar-refractivity contribution in [3.05, 3.63) is 130 Å². The Morgan fingerprint density at radius 3 is 1.08 bits per heavy atom. The first kappa shape index (κ1) is 46.4. The van der Waals surface area contributed by atoms with E-state index >= 15 is 0 Å². The molecular formula is C38H35F12N7S2. The van der Waals surface area contributed by atoms with Gasteiger partial charge in [0.1, 0.15) is 0 Å². The average Bonchev–Trinajstić information content (AvgIpc) is 3.13. The first-order chi connectivity index (χ1) is 27.5. The molecule has 59 heavy (non-hydrogen) atoms. The highest BCUT2D eigenvalue weighted by Gasteiger charge is 2.38. The number of guanidine groups is 1. The monoisotopic (exact) mass is 881 g/mol. The van der Waals surface area contributed by atoms with Gasteiger partial charge in [-0.1, -0.05) is 60.7 Å². The average molecular weight is 882 g/mol. The number of nitrogens with zero attached hydrogens (tertiary/aromatic N) is 1. The third-order valence-corrected chi connectivity index (χ3v) is 8.71. The van der Waals surface area contributed by atoms with Crippen LogP contribution in [-0.4, -0.2) is 48.4 Å². The van der Waals surface area contributed by atoms with E-state index in [-0.39, 0.29) is 54.2 Å². The quantitative estimate of drug-likeness (QED) is 0.0364. The highest BCUT2D eigenvalue weighted by Crippen LogP contribution is 2.39. The SMILES string of the molecule is CN=C(NCC(Cc1ccccc1)NC(=S)Nc1cc(C(F)(F)F)cc(C(F)(F)F)c1)NC[C@H](Cc1ccccc1)NC(=S)Nc1cc(C(F)(F)F)cc(C(F)(F)F)c1. The zero-order valence-corrected chi connectivity index (χ0v) is 32.2. The topological polar surface area (TPSA) is 84.5 Å². The number of benzene rings is 4. The second kappa shape index (κ2) is 19.6. The summed E-state index contributed by atoms with van der Waals surface area (Å²) in [6, 6.07) is 18.5. The number of nitrogens with one attached hydrogen (secondary N) is 6. The minimum Gasteiger partial charge on any atom is -0.358 e. The number of alkyl halides is 12. The lowest BCUT2D eigenvalue weighted by molar-refractivity contribution is -0.144. The molecule has 0 saturated carbocycles. The van der Waals surface area contributed by atoms with E-state index in [1.807, 2.05) is 0 Å². The first-order valence-corrected chi connectivity index (χ1v) is 18.1. The molecule has 6 N–H and O–H groups in total. The molecular weight excluding hydrogens is 847 g/mol. The van der Waals surface area contributed by atoms with Crippen molar-refractivity contribution in [1.29, 1.82) is 0 Å². The van der Waals surface area contributed by atoms with E-state index in [9.17, 15) is 52.7 Å². The molecule has 0 spiro atoms. The Kier molecular flexibility index (Phi) is 15.4. The molecule has 318 valence electrons. The van der Waals surface area contributed by atoms with Crippen LogP contribution in [0.15, 0.2) is 102 Å². The van der Waals surface area contributed by atoms with Crippen molar-refractivity contribution in [3.8, 4) is 0 Å². The Morgan fingerprint density at radius 1 is 0.508 bits per heavy atom. The number of hydrogen-bond donors (Lipinski definition) is 6. The smallest absolute Gasteiger partial charge is 0.358 e. The largest absolute Gasteiger partial charge is 0.416 e. The molecule has 1 unspecified atom stereocenters. The van der Waals surface area contributed by atoms with Crippen LogP contribution in [0.5, 0.6) is 0 Å². The summed E-state index contributed by atoms with van der Waals surface area (Å²) in [4.78, 5) is 4.19. The molecule has 0 radical (unpaired) electrons. The predicted molar refractivity (Wildman–Crippen MR) is 209 cm³/mol. The van der Waals surface area contributed by atoms with Crippen molar-refractivity contribution in [2.45, 2.75) is 49.6 Å². The number of aliphatic imine (C=N–C) groups is 1. The molecule has 0 bridgehead atoms. The Bertz CT molecular complexity index is 1850. The molecule has 7 nitrogen and oxygen atoms in total. The van der Waals surface area contributed by atoms with Crippen LogP contribution in [0.1, 0.15) is 33.4 Å². The molecule has 0 amide bonds. The second-order valence-electron chi connectivity index (χ2n) is 12.9. The first-order valence-electron chi connectivity index (χ1n) is 17.3. The molecule has 4 rings (SSSR count). The van der Waals surface area contributed by atoms with Gasteiger partial charge in [0.2, 0.25) is 0 Å². The van der Waals surface area contributed by atoms with Gasteiger partial charge in [0, 0.05) is 43.6 Å². The fourth-order valence-electron chi connectivity index (χ4n) is 5.57. The standard InChI is InChI=1S/C38H35F12N7S2/c1-51-32(52-20-30(12-22-8-4-2-5-9-22)56-33(58)54-28-16-24(35(39,40)41)14-25(17-28)36(42,43)44)53-21-31(13-23-10-6-3-7-11-23)57-34(59)55-29-18-26(37(45,46)47)15-27(19-29)38(48,49)50/h2-11,14-19,30-31H,12-13,20-21H2,1H3,(H2,51,52,53)(H2,54,56,58)(H2,55,57,59)/t30-,31?/m0/s1. The number of anilines is 2. The summed E-state index contributed by atoms with van der Waals surface area (Å²) in [5, 5.41) is 16.2. The normalized spacial score (nSPS) is 13.5. The predicted octanol–water partition coefficient (Wildman–Crippen LogP) is 9.42. The number of thiocarbonyl (C=S) groups is 2. The van der Waals surface area contributed by atoms with E-state index in [0.717, 1.165) is 11.1 Å². The molecule has 0 fully saturated rings. The number of halogens is 12. The van der Waals surface area contributed by atoms with Gasteiger partial charge >= 0.3 is 24.7 Å². The zero-order valence-electron chi connectivity index (χ0n) is 30.5. The van der Waals surface area contributed by atoms with Gasteiger partial charge in [-0.3, -0.25) is 4.99 Å². The summed E-state index contributed by atoms with van der Waals surface area (Å²) in [6.07, 6.45) is -19.8. The Labute approximate surface area is 341 Å². The van der Waals surface area contributed by atoms with Gasteiger partial charge in [-0.2, -0.15) is 52.7 Å². The third kappa shape index (κ3) is 15.1. The van der Waals surface area contributed by atoms with E-state index in [4.69, 9.17) is 24.4 Å². The van der Waals surface area contributed by atoms with Gasteiger partial charge in [-0.15, -0.1) is 0 Å². The van der Waals surface area contributed by atoms with Crippen molar-refractivity contribution in [2.24, 2.45) is 4.99 Å². The highest BCUT2D eigenvalue weighted by atomic mass is 32.1. The van der Waals surface area contributed by atoms with Gasteiger partial charge in [-0.25, -0.2) is 0 Å². The van der Waals surface area contributed by atoms with E-state index in [2.05, 4.69) is 36.9 Å². The van der Waals surface area contributed by atoms with Gasteiger partial charge in [0.05, 0.1) is 22.3 Å². The molecule has 0 saturated heterocycles. The lowest BCUT2D eigenvalue weighted by Crippen LogP contribution is -2.52. The fraction of sp³-hybridized carbons (Fsp3) is 0.289.